The molecule has 0 aliphatic heterocycles. The summed E-state index contributed by atoms with van der Waals surface area (Å²) >= 11 is 7.77. The summed E-state index contributed by atoms with van der Waals surface area (Å²) in [5.74, 6) is -0.295. The van der Waals surface area contributed by atoms with Crippen LogP contribution in [0.4, 0.5) is 0 Å². The van der Waals surface area contributed by atoms with Crippen molar-refractivity contribution in [1.82, 2.24) is 14.5 Å². The minimum atomic E-state index is -0.353. The van der Waals surface area contributed by atoms with Gasteiger partial charge in [-0.2, -0.15) is 0 Å². The van der Waals surface area contributed by atoms with Crippen molar-refractivity contribution < 1.29 is 14.3 Å². The van der Waals surface area contributed by atoms with E-state index in [0.29, 0.717) is 35.3 Å². The Labute approximate surface area is 179 Å². The minimum absolute atomic E-state index is 0.0577. The Bertz CT molecular complexity index is 1050. The van der Waals surface area contributed by atoms with Crippen molar-refractivity contribution in [3.05, 3.63) is 40.0 Å². The summed E-state index contributed by atoms with van der Waals surface area (Å²) in [4.78, 5) is 31.4. The average Bonchev–Trinajstić information content (AvgIpc) is 3.23. The summed E-state index contributed by atoms with van der Waals surface area (Å²) in [5, 5.41) is 2.16. The molecule has 0 saturated heterocycles. The van der Waals surface area contributed by atoms with Crippen LogP contribution in [-0.4, -0.2) is 46.0 Å². The molecule has 0 N–H and O–H groups in total. The molecule has 6 nitrogen and oxygen atoms in total. The normalized spacial score (nSPS) is 11.1. The summed E-state index contributed by atoms with van der Waals surface area (Å²) in [7, 11) is 0. The zero-order chi connectivity index (χ0) is 21.1. The predicted octanol–water partition coefficient (Wildman–Crippen LogP) is 4.77. The molecule has 1 amide bonds. The zero-order valence-electron chi connectivity index (χ0n) is 17.0. The maximum Gasteiger partial charge on any atom is 0.350 e. The molecule has 0 spiro atoms. The summed E-state index contributed by atoms with van der Waals surface area (Å²) < 4.78 is 6.97. The maximum absolute atomic E-state index is 12.5. The lowest BCUT2D eigenvalue weighted by molar-refractivity contribution is -0.131. The first-order valence-corrected chi connectivity index (χ1v) is 10.8. The van der Waals surface area contributed by atoms with E-state index in [4.69, 9.17) is 16.3 Å². The van der Waals surface area contributed by atoms with Crippen molar-refractivity contribution in [2.75, 3.05) is 19.7 Å². The van der Waals surface area contributed by atoms with Crippen molar-refractivity contribution in [3.8, 4) is 10.6 Å². The molecule has 2 heterocycles. The summed E-state index contributed by atoms with van der Waals surface area (Å²) in [6.07, 6.45) is 1.79. The Hall–Kier alpha value is -2.38. The lowest BCUT2D eigenvalue weighted by Crippen LogP contribution is -2.33. The van der Waals surface area contributed by atoms with Gasteiger partial charge >= 0.3 is 5.97 Å². The molecule has 0 fully saturated rings. The Morgan fingerprint density at radius 2 is 1.97 bits per heavy atom. The van der Waals surface area contributed by atoms with Gasteiger partial charge in [0.05, 0.1) is 22.8 Å². The fraction of sp³-hybridized carbons (Fsp3) is 0.381. The summed E-state index contributed by atoms with van der Waals surface area (Å²) in [6, 6.07) is 5.82. The number of likely N-dealkylation sites (N-methyl/N-ethyl adjacent to an activating group) is 1. The molecule has 8 heteroatoms. The first-order valence-electron chi connectivity index (χ1n) is 9.60. The molecule has 0 saturated carbocycles. The number of fused-ring (bicyclic) bond motifs is 1. The van der Waals surface area contributed by atoms with Gasteiger partial charge in [0.15, 0.2) is 0 Å². The fourth-order valence-corrected chi connectivity index (χ4v) is 4.47. The van der Waals surface area contributed by atoms with Crippen LogP contribution in [0.1, 0.15) is 36.1 Å². The van der Waals surface area contributed by atoms with Crippen molar-refractivity contribution in [2.24, 2.45) is 0 Å². The van der Waals surface area contributed by atoms with Gasteiger partial charge in [-0.05, 0) is 45.9 Å². The monoisotopic (exact) mass is 433 g/mol. The molecule has 1 aromatic carbocycles. The standard InChI is InChI=1S/C21H24ClN3O3S/c1-5-24(6-2)18(26)12-25-11-16(22)15-10-14(8-9-17(15)25)20-23-13(4)19(29-20)21(27)28-7-3/h8-11H,5-7,12H2,1-4H3. The van der Waals surface area contributed by atoms with Crippen LogP contribution in [0.2, 0.25) is 5.02 Å². The number of hydrogen-bond acceptors (Lipinski definition) is 5. The third kappa shape index (κ3) is 4.31. The number of hydrogen-bond donors (Lipinski definition) is 0. The SMILES string of the molecule is CCOC(=O)c1sc(-c2ccc3c(c2)c(Cl)cn3CC(=O)N(CC)CC)nc1C. The molecule has 2 aromatic heterocycles. The number of aromatic nitrogens is 2. The Morgan fingerprint density at radius 3 is 2.62 bits per heavy atom. The quantitative estimate of drug-likeness (QED) is 0.503. The number of aryl methyl sites for hydroxylation is 1. The number of carbonyl (C=O) groups excluding carboxylic acids is 2. The second-order valence-electron chi connectivity index (χ2n) is 6.56. The van der Waals surface area contributed by atoms with Crippen molar-refractivity contribution in [2.45, 2.75) is 34.2 Å². The molecule has 3 rings (SSSR count). The van der Waals surface area contributed by atoms with Crippen LogP contribution < -0.4 is 0 Å². The topological polar surface area (TPSA) is 64.4 Å². The van der Waals surface area contributed by atoms with Crippen LogP contribution in [-0.2, 0) is 16.1 Å². The first kappa shape index (κ1) is 21.3. The molecule has 0 bridgehead atoms. The molecule has 29 heavy (non-hydrogen) atoms. The Kier molecular flexibility index (Phi) is 6.59. The highest BCUT2D eigenvalue weighted by molar-refractivity contribution is 7.17. The van der Waals surface area contributed by atoms with Gasteiger partial charge in [0.1, 0.15) is 16.4 Å². The molecular formula is C21H24ClN3O3S. The van der Waals surface area contributed by atoms with Crippen LogP contribution >= 0.6 is 22.9 Å². The van der Waals surface area contributed by atoms with Gasteiger partial charge in [0.2, 0.25) is 5.91 Å². The number of halogens is 1. The van der Waals surface area contributed by atoms with E-state index >= 15 is 0 Å². The summed E-state index contributed by atoms with van der Waals surface area (Å²) in [5.41, 5.74) is 2.41. The van der Waals surface area contributed by atoms with Crippen molar-refractivity contribution in [1.29, 1.82) is 0 Å². The zero-order valence-corrected chi connectivity index (χ0v) is 18.6. The lowest BCUT2D eigenvalue weighted by atomic mass is 10.1. The highest BCUT2D eigenvalue weighted by atomic mass is 35.5. The molecule has 0 aliphatic rings. The molecule has 154 valence electrons. The van der Waals surface area contributed by atoms with E-state index in [1.165, 1.54) is 11.3 Å². The molecule has 0 atom stereocenters. The van der Waals surface area contributed by atoms with E-state index in [0.717, 1.165) is 21.5 Å². The molecule has 0 unspecified atom stereocenters. The van der Waals surface area contributed by atoms with Crippen LogP contribution in [0.15, 0.2) is 24.4 Å². The number of rotatable bonds is 7. The van der Waals surface area contributed by atoms with E-state index < -0.39 is 0 Å². The number of esters is 1. The Morgan fingerprint density at radius 1 is 1.24 bits per heavy atom. The van der Waals surface area contributed by atoms with E-state index in [9.17, 15) is 9.59 Å². The number of ether oxygens (including phenoxy) is 1. The third-order valence-electron chi connectivity index (χ3n) is 4.76. The average molecular weight is 434 g/mol. The smallest absolute Gasteiger partial charge is 0.350 e. The molecular weight excluding hydrogens is 410 g/mol. The number of carbonyl (C=O) groups is 2. The van der Waals surface area contributed by atoms with Crippen molar-refractivity contribution >= 4 is 45.7 Å². The van der Waals surface area contributed by atoms with E-state index in [-0.39, 0.29) is 18.4 Å². The molecule has 0 radical (unpaired) electrons. The van der Waals surface area contributed by atoms with E-state index in [2.05, 4.69) is 4.98 Å². The third-order valence-corrected chi connectivity index (χ3v) is 6.25. The van der Waals surface area contributed by atoms with Crippen molar-refractivity contribution in [3.63, 3.8) is 0 Å². The van der Waals surface area contributed by atoms with Gasteiger partial charge in [-0.3, -0.25) is 4.79 Å². The first-order chi connectivity index (χ1) is 13.9. The second kappa shape index (κ2) is 8.97. The largest absolute Gasteiger partial charge is 0.462 e. The molecule has 3 aromatic rings. The van der Waals surface area contributed by atoms with Gasteiger partial charge in [-0.15, -0.1) is 11.3 Å². The van der Waals surface area contributed by atoms with E-state index in [1.807, 2.05) is 36.6 Å². The van der Waals surface area contributed by atoms with Gasteiger partial charge in [0, 0.05) is 30.2 Å². The van der Waals surface area contributed by atoms with Crippen LogP contribution in [0.3, 0.4) is 0 Å². The highest BCUT2D eigenvalue weighted by Crippen LogP contribution is 2.33. The van der Waals surface area contributed by atoms with Gasteiger partial charge in [0.25, 0.3) is 0 Å². The number of benzene rings is 1. The highest BCUT2D eigenvalue weighted by Gasteiger charge is 2.19. The van der Waals surface area contributed by atoms with Gasteiger partial charge < -0.3 is 14.2 Å². The molecule has 0 aliphatic carbocycles. The van der Waals surface area contributed by atoms with Crippen LogP contribution in [0.5, 0.6) is 0 Å². The Balaban J connectivity index is 1.94. The number of thiazole rings is 1. The van der Waals surface area contributed by atoms with Gasteiger partial charge in [-0.25, -0.2) is 9.78 Å². The summed E-state index contributed by atoms with van der Waals surface area (Å²) in [6.45, 7) is 9.44. The maximum atomic E-state index is 12.5. The fourth-order valence-electron chi connectivity index (χ4n) is 3.25. The van der Waals surface area contributed by atoms with Gasteiger partial charge in [-0.1, -0.05) is 11.6 Å². The number of amides is 1. The second-order valence-corrected chi connectivity index (χ2v) is 7.96. The van der Waals surface area contributed by atoms with Crippen LogP contribution in [0, 0.1) is 6.92 Å². The lowest BCUT2D eigenvalue weighted by Gasteiger charge is -2.19. The minimum Gasteiger partial charge on any atom is -0.462 e. The van der Waals surface area contributed by atoms with E-state index in [1.54, 1.807) is 24.9 Å². The number of nitrogens with zero attached hydrogens (tertiary/aromatic N) is 3. The van der Waals surface area contributed by atoms with Crippen LogP contribution in [0.25, 0.3) is 21.5 Å². The predicted molar refractivity (Wildman–Crippen MR) is 117 cm³/mol.